The van der Waals surface area contributed by atoms with Crippen molar-refractivity contribution in [1.82, 2.24) is 0 Å². The van der Waals surface area contributed by atoms with Gasteiger partial charge in [-0.15, -0.1) is 5.11 Å². The molecule has 0 aromatic heterocycles. The molecule has 0 spiro atoms. The number of rotatable bonds is 3. The Labute approximate surface area is 133 Å². The molecule has 0 aliphatic rings. The Balaban J connectivity index is 2.22. The summed E-state index contributed by atoms with van der Waals surface area (Å²) >= 11 is 0. The fourth-order valence-corrected chi connectivity index (χ4v) is 2.97. The van der Waals surface area contributed by atoms with Gasteiger partial charge in [0.2, 0.25) is 0 Å². The normalized spacial score (nSPS) is 12.0. The maximum atomic E-state index is 11.6. The van der Waals surface area contributed by atoms with E-state index in [9.17, 15) is 13.0 Å². The summed E-state index contributed by atoms with van der Waals surface area (Å²) in [6.07, 6.45) is 0. The number of hydrogen-bond donors (Lipinski definition) is 2. The topological polar surface area (TPSA) is 105 Å². The van der Waals surface area contributed by atoms with Crippen LogP contribution in [0.15, 0.2) is 75.8 Å². The zero-order chi connectivity index (χ0) is 16.4. The number of anilines is 1. The van der Waals surface area contributed by atoms with Crippen LogP contribution in [0.25, 0.3) is 10.8 Å². The molecule has 23 heavy (non-hydrogen) atoms. The third kappa shape index (κ3) is 3.05. The Morgan fingerprint density at radius 2 is 1.48 bits per heavy atom. The zero-order valence-electron chi connectivity index (χ0n) is 11.9. The fraction of sp³-hybridized carbons (Fsp3) is 0. The maximum Gasteiger partial charge on any atom is 0.295 e. The lowest BCUT2D eigenvalue weighted by Crippen LogP contribution is -2.01. The number of nitrogens with zero attached hydrogens (tertiary/aromatic N) is 2. The lowest BCUT2D eigenvalue weighted by molar-refractivity contribution is 0.484. The van der Waals surface area contributed by atoms with Gasteiger partial charge in [0.05, 0.1) is 11.4 Å². The molecule has 3 N–H and O–H groups in total. The summed E-state index contributed by atoms with van der Waals surface area (Å²) in [7, 11) is -4.41. The lowest BCUT2D eigenvalue weighted by atomic mass is 10.1. The third-order valence-corrected chi connectivity index (χ3v) is 4.23. The van der Waals surface area contributed by atoms with E-state index in [2.05, 4.69) is 10.2 Å². The van der Waals surface area contributed by atoms with Crippen molar-refractivity contribution in [3.05, 3.63) is 60.7 Å². The molecule has 3 rings (SSSR count). The number of fused-ring (bicyclic) bond motifs is 1. The molecule has 0 heterocycles. The van der Waals surface area contributed by atoms with E-state index in [1.165, 1.54) is 6.07 Å². The third-order valence-electron chi connectivity index (χ3n) is 3.33. The van der Waals surface area contributed by atoms with Gasteiger partial charge in [0.1, 0.15) is 10.6 Å². The quantitative estimate of drug-likeness (QED) is 0.429. The van der Waals surface area contributed by atoms with E-state index in [-0.39, 0.29) is 10.6 Å². The molecule has 3 aromatic rings. The molecule has 0 aliphatic carbocycles. The number of azo groups is 1. The number of hydrogen-bond acceptors (Lipinski definition) is 5. The van der Waals surface area contributed by atoms with Crippen LogP contribution in [0.3, 0.4) is 0 Å². The van der Waals surface area contributed by atoms with Gasteiger partial charge in [0.25, 0.3) is 10.1 Å². The summed E-state index contributed by atoms with van der Waals surface area (Å²) in [5.41, 5.74) is 7.15. The predicted molar refractivity (Wildman–Crippen MR) is 88.8 cm³/mol. The van der Waals surface area contributed by atoms with Gasteiger partial charge in [-0.25, -0.2) is 0 Å². The zero-order valence-corrected chi connectivity index (χ0v) is 12.7. The Morgan fingerprint density at radius 3 is 2.13 bits per heavy atom. The first kappa shape index (κ1) is 15.1. The van der Waals surface area contributed by atoms with Crippen LogP contribution in [0.2, 0.25) is 0 Å². The van der Waals surface area contributed by atoms with Crippen LogP contribution in [0.5, 0.6) is 0 Å². The van der Waals surface area contributed by atoms with Crippen molar-refractivity contribution in [2.45, 2.75) is 4.90 Å². The molecule has 0 amide bonds. The predicted octanol–water partition coefficient (Wildman–Crippen LogP) is 4.08. The van der Waals surface area contributed by atoms with Crippen LogP contribution in [-0.2, 0) is 10.1 Å². The second kappa shape index (κ2) is 5.79. The van der Waals surface area contributed by atoms with Crippen LogP contribution >= 0.6 is 0 Å². The van der Waals surface area contributed by atoms with Crippen molar-refractivity contribution in [2.75, 3.05) is 5.73 Å². The lowest BCUT2D eigenvalue weighted by Gasteiger charge is -2.09. The van der Waals surface area contributed by atoms with Gasteiger partial charge in [-0.3, -0.25) is 4.55 Å². The van der Waals surface area contributed by atoms with E-state index in [1.807, 2.05) is 18.2 Å². The highest BCUT2D eigenvalue weighted by atomic mass is 32.2. The molecule has 3 aromatic carbocycles. The van der Waals surface area contributed by atoms with Crippen molar-refractivity contribution in [2.24, 2.45) is 10.2 Å². The summed E-state index contributed by atoms with van der Waals surface area (Å²) in [5.74, 6) is 0. The summed E-state index contributed by atoms with van der Waals surface area (Å²) in [4.78, 5) is -0.246. The molecule has 0 unspecified atom stereocenters. The Kier molecular flexibility index (Phi) is 3.81. The van der Waals surface area contributed by atoms with Crippen molar-refractivity contribution in [1.29, 1.82) is 0 Å². The van der Waals surface area contributed by atoms with Crippen LogP contribution < -0.4 is 5.73 Å². The van der Waals surface area contributed by atoms with Crippen LogP contribution in [-0.4, -0.2) is 13.0 Å². The molecule has 0 radical (unpaired) electrons. The average Bonchev–Trinajstić information content (AvgIpc) is 2.54. The summed E-state index contributed by atoms with van der Waals surface area (Å²) in [5, 5.41) is 8.89. The van der Waals surface area contributed by atoms with Gasteiger partial charge in [0.15, 0.2) is 0 Å². The molecule has 6 nitrogen and oxygen atoms in total. The second-order valence-corrected chi connectivity index (χ2v) is 6.25. The Bertz CT molecular complexity index is 1000. The smallest absolute Gasteiger partial charge is 0.295 e. The van der Waals surface area contributed by atoms with Gasteiger partial charge in [-0.05, 0) is 18.2 Å². The van der Waals surface area contributed by atoms with Gasteiger partial charge in [0, 0.05) is 10.8 Å². The van der Waals surface area contributed by atoms with E-state index in [0.29, 0.717) is 22.1 Å². The van der Waals surface area contributed by atoms with E-state index < -0.39 is 10.1 Å². The maximum absolute atomic E-state index is 11.6. The van der Waals surface area contributed by atoms with Crippen molar-refractivity contribution in [3.8, 4) is 0 Å². The van der Waals surface area contributed by atoms with E-state index in [1.54, 1.807) is 36.4 Å². The first-order valence-corrected chi connectivity index (χ1v) is 8.16. The molecule has 7 heteroatoms. The van der Waals surface area contributed by atoms with Crippen molar-refractivity contribution >= 4 is 38.0 Å². The molecule has 0 fully saturated rings. The molecule has 0 saturated heterocycles. The first-order chi connectivity index (χ1) is 11.0. The van der Waals surface area contributed by atoms with Gasteiger partial charge in [-0.1, -0.05) is 42.5 Å². The van der Waals surface area contributed by atoms with Gasteiger partial charge in [-0.2, -0.15) is 13.5 Å². The first-order valence-electron chi connectivity index (χ1n) is 6.72. The number of nitrogen functional groups attached to an aromatic ring is 1. The molecule has 0 aliphatic heterocycles. The van der Waals surface area contributed by atoms with Gasteiger partial charge >= 0.3 is 0 Å². The number of nitrogens with two attached hydrogens (primary N) is 1. The summed E-state index contributed by atoms with van der Waals surface area (Å²) in [6, 6.07) is 16.8. The molecular formula is C16H13N3O3S. The van der Waals surface area contributed by atoms with Crippen LogP contribution in [0.1, 0.15) is 0 Å². The highest BCUT2D eigenvalue weighted by molar-refractivity contribution is 7.86. The summed E-state index contributed by atoms with van der Waals surface area (Å²) < 4.78 is 32.7. The Morgan fingerprint density at radius 1 is 0.870 bits per heavy atom. The van der Waals surface area contributed by atoms with Crippen LogP contribution in [0, 0.1) is 0 Å². The van der Waals surface area contributed by atoms with Crippen LogP contribution in [0.4, 0.5) is 17.1 Å². The standard InChI is InChI=1S/C16H13N3O3S/c17-16-13-9-5-4-8-12(13)15(23(20,21)22)10-14(16)19-18-11-6-2-1-3-7-11/h1-10H,17H2,(H,20,21,22)/b19-18+. The monoisotopic (exact) mass is 327 g/mol. The Hall–Kier alpha value is -2.77. The average molecular weight is 327 g/mol. The SMILES string of the molecule is Nc1c(/N=N/c2ccccc2)cc(S(=O)(=O)O)c2ccccc12. The molecule has 0 atom stereocenters. The van der Waals surface area contributed by atoms with E-state index in [4.69, 9.17) is 5.73 Å². The second-order valence-electron chi connectivity index (χ2n) is 4.86. The molecular weight excluding hydrogens is 314 g/mol. The molecule has 0 bridgehead atoms. The van der Waals surface area contributed by atoms with Crippen molar-refractivity contribution in [3.63, 3.8) is 0 Å². The minimum absolute atomic E-state index is 0.181. The minimum atomic E-state index is -4.41. The number of benzene rings is 3. The van der Waals surface area contributed by atoms with Crippen molar-refractivity contribution < 1.29 is 13.0 Å². The summed E-state index contributed by atoms with van der Waals surface area (Å²) in [6.45, 7) is 0. The minimum Gasteiger partial charge on any atom is -0.396 e. The molecule has 0 saturated carbocycles. The highest BCUT2D eigenvalue weighted by Gasteiger charge is 2.18. The van der Waals surface area contributed by atoms with E-state index >= 15 is 0 Å². The largest absolute Gasteiger partial charge is 0.396 e. The highest BCUT2D eigenvalue weighted by Crippen LogP contribution is 2.36. The fourth-order valence-electron chi connectivity index (χ4n) is 2.25. The molecule has 116 valence electrons. The van der Waals surface area contributed by atoms with Gasteiger partial charge < -0.3 is 5.73 Å². The van der Waals surface area contributed by atoms with E-state index in [0.717, 1.165) is 0 Å².